The van der Waals surface area contributed by atoms with Gasteiger partial charge in [-0.1, -0.05) is 60.2 Å². The molecule has 0 radical (unpaired) electrons. The second-order valence-corrected chi connectivity index (χ2v) is 5.99. The van der Waals surface area contributed by atoms with Crippen molar-refractivity contribution < 1.29 is 4.79 Å². The third kappa shape index (κ3) is 2.48. The normalized spacial score (nSPS) is 10.5. The molecule has 0 bridgehead atoms. The van der Waals surface area contributed by atoms with E-state index in [0.29, 0.717) is 10.6 Å². The van der Waals surface area contributed by atoms with Gasteiger partial charge in [0.05, 0.1) is 15.4 Å². The smallest absolute Gasteiger partial charge is 0.160 e. The molecule has 2 nitrogen and oxygen atoms in total. The van der Waals surface area contributed by atoms with Gasteiger partial charge in [0.1, 0.15) is 0 Å². The summed E-state index contributed by atoms with van der Waals surface area (Å²) in [6, 6.07) is 18.0. The first-order valence-electron chi connectivity index (χ1n) is 6.70. The van der Waals surface area contributed by atoms with E-state index in [1.54, 1.807) is 0 Å². The molecule has 1 aromatic heterocycles. The predicted octanol–water partition coefficient (Wildman–Crippen LogP) is 4.79. The maximum absolute atomic E-state index is 11.4. The van der Waals surface area contributed by atoms with E-state index in [4.69, 9.17) is 5.73 Å². The van der Waals surface area contributed by atoms with E-state index in [9.17, 15) is 4.79 Å². The topological polar surface area (TPSA) is 43.1 Å². The summed E-state index contributed by atoms with van der Waals surface area (Å²) in [5.74, 6) is 0. The van der Waals surface area contributed by atoms with Gasteiger partial charge in [0.25, 0.3) is 0 Å². The average molecular weight is 293 g/mol. The van der Waals surface area contributed by atoms with Gasteiger partial charge in [0.15, 0.2) is 6.29 Å². The van der Waals surface area contributed by atoms with Gasteiger partial charge >= 0.3 is 0 Å². The lowest BCUT2D eigenvalue weighted by molar-refractivity contribution is 0.112. The van der Waals surface area contributed by atoms with Crippen LogP contribution < -0.4 is 5.73 Å². The van der Waals surface area contributed by atoms with Crippen LogP contribution in [0.5, 0.6) is 0 Å². The summed E-state index contributed by atoms with van der Waals surface area (Å²) in [5.41, 5.74) is 11.1. The van der Waals surface area contributed by atoms with Gasteiger partial charge in [-0.2, -0.15) is 0 Å². The minimum Gasteiger partial charge on any atom is -0.397 e. The molecule has 3 aromatic rings. The minimum atomic E-state index is 0.675. The van der Waals surface area contributed by atoms with E-state index in [1.165, 1.54) is 16.9 Å². The monoisotopic (exact) mass is 293 g/mol. The number of benzene rings is 2. The molecule has 0 spiro atoms. The van der Waals surface area contributed by atoms with Crippen molar-refractivity contribution in [2.24, 2.45) is 0 Å². The number of nitrogen functional groups attached to an aromatic ring is 1. The molecule has 104 valence electrons. The SMILES string of the molecule is Cc1ccc(-c2sc(C=O)c(-c3ccccc3)c2N)cc1. The van der Waals surface area contributed by atoms with Gasteiger partial charge in [-0.3, -0.25) is 4.79 Å². The number of aldehydes is 1. The molecule has 0 atom stereocenters. The Labute approximate surface area is 127 Å². The molecular weight excluding hydrogens is 278 g/mol. The molecule has 0 amide bonds. The molecular formula is C18H15NOS. The molecule has 3 heteroatoms. The quantitative estimate of drug-likeness (QED) is 0.706. The maximum atomic E-state index is 11.4. The number of hydrogen-bond acceptors (Lipinski definition) is 3. The number of carbonyl (C=O) groups is 1. The Morgan fingerprint density at radius 1 is 0.952 bits per heavy atom. The van der Waals surface area contributed by atoms with Crippen molar-refractivity contribution in [3.8, 4) is 21.6 Å². The first-order chi connectivity index (χ1) is 10.2. The molecule has 0 saturated carbocycles. The molecule has 0 fully saturated rings. The van der Waals surface area contributed by atoms with Crippen molar-refractivity contribution >= 4 is 23.3 Å². The van der Waals surface area contributed by atoms with Crippen LogP contribution in [0.1, 0.15) is 15.2 Å². The molecule has 0 aliphatic rings. The predicted molar refractivity (Wildman–Crippen MR) is 89.7 cm³/mol. The number of nitrogens with two attached hydrogens (primary N) is 1. The number of rotatable bonds is 3. The van der Waals surface area contributed by atoms with Crippen LogP contribution in [0.4, 0.5) is 5.69 Å². The van der Waals surface area contributed by atoms with Gasteiger partial charge in [-0.15, -0.1) is 11.3 Å². The molecule has 3 rings (SSSR count). The number of hydrogen-bond donors (Lipinski definition) is 1. The summed E-state index contributed by atoms with van der Waals surface area (Å²) in [6.45, 7) is 2.05. The van der Waals surface area contributed by atoms with Gasteiger partial charge in [-0.05, 0) is 18.1 Å². The van der Waals surface area contributed by atoms with Crippen LogP contribution in [-0.2, 0) is 0 Å². The van der Waals surface area contributed by atoms with Gasteiger partial charge < -0.3 is 5.73 Å². The largest absolute Gasteiger partial charge is 0.397 e. The lowest BCUT2D eigenvalue weighted by Crippen LogP contribution is -1.90. The number of thiophene rings is 1. The Hall–Kier alpha value is -2.39. The first-order valence-corrected chi connectivity index (χ1v) is 7.52. The first kappa shape index (κ1) is 13.6. The molecule has 21 heavy (non-hydrogen) atoms. The lowest BCUT2D eigenvalue weighted by atomic mass is 10.0. The van der Waals surface area contributed by atoms with E-state index in [2.05, 4.69) is 12.1 Å². The van der Waals surface area contributed by atoms with Crippen LogP contribution in [0.25, 0.3) is 21.6 Å². The van der Waals surface area contributed by atoms with Crippen molar-refractivity contribution in [2.45, 2.75) is 6.92 Å². The summed E-state index contributed by atoms with van der Waals surface area (Å²) >= 11 is 1.45. The second kappa shape index (κ2) is 5.54. The highest BCUT2D eigenvalue weighted by Crippen LogP contribution is 2.43. The Kier molecular flexibility index (Phi) is 3.59. The van der Waals surface area contributed by atoms with E-state index in [1.807, 2.05) is 49.4 Å². The summed E-state index contributed by atoms with van der Waals surface area (Å²) in [6.07, 6.45) is 0.890. The highest BCUT2D eigenvalue weighted by Gasteiger charge is 2.17. The fraction of sp³-hybridized carbons (Fsp3) is 0.0556. The van der Waals surface area contributed by atoms with Crippen LogP contribution in [0, 0.1) is 6.92 Å². The van der Waals surface area contributed by atoms with Crippen LogP contribution in [0.3, 0.4) is 0 Å². The van der Waals surface area contributed by atoms with Crippen molar-refractivity contribution in [1.29, 1.82) is 0 Å². The fourth-order valence-corrected chi connectivity index (χ4v) is 3.43. The highest BCUT2D eigenvalue weighted by molar-refractivity contribution is 7.18. The summed E-state index contributed by atoms with van der Waals surface area (Å²) in [7, 11) is 0. The van der Waals surface area contributed by atoms with Crippen molar-refractivity contribution in [1.82, 2.24) is 0 Å². The Bertz CT molecular complexity index is 773. The van der Waals surface area contributed by atoms with Gasteiger partial charge in [0, 0.05) is 5.56 Å². The Morgan fingerprint density at radius 3 is 2.24 bits per heavy atom. The van der Waals surface area contributed by atoms with E-state index < -0.39 is 0 Å². The van der Waals surface area contributed by atoms with E-state index in [-0.39, 0.29) is 0 Å². The number of aryl methyl sites for hydroxylation is 1. The van der Waals surface area contributed by atoms with Crippen LogP contribution in [0.2, 0.25) is 0 Å². The molecule has 2 N–H and O–H groups in total. The standard InChI is InChI=1S/C18H15NOS/c1-12-7-9-14(10-8-12)18-17(19)16(15(11-20)21-18)13-5-3-2-4-6-13/h2-11H,19H2,1H3. The molecule has 0 saturated heterocycles. The van der Waals surface area contributed by atoms with Crippen LogP contribution in [0.15, 0.2) is 54.6 Å². The fourth-order valence-electron chi connectivity index (χ4n) is 2.37. The molecule has 0 aliphatic heterocycles. The van der Waals surface area contributed by atoms with E-state index in [0.717, 1.165) is 27.9 Å². The molecule has 2 aromatic carbocycles. The van der Waals surface area contributed by atoms with Crippen LogP contribution in [-0.4, -0.2) is 6.29 Å². The minimum absolute atomic E-state index is 0.675. The van der Waals surface area contributed by atoms with Gasteiger partial charge in [0.2, 0.25) is 0 Å². The lowest BCUT2D eigenvalue weighted by Gasteiger charge is -2.04. The van der Waals surface area contributed by atoms with Crippen molar-refractivity contribution in [2.75, 3.05) is 5.73 Å². The zero-order chi connectivity index (χ0) is 14.8. The molecule has 0 aliphatic carbocycles. The second-order valence-electron chi connectivity index (χ2n) is 4.93. The molecule has 1 heterocycles. The van der Waals surface area contributed by atoms with Crippen LogP contribution >= 0.6 is 11.3 Å². The summed E-state index contributed by atoms with van der Waals surface area (Å²) in [5, 5.41) is 0. The summed E-state index contributed by atoms with van der Waals surface area (Å²) < 4.78 is 0. The Morgan fingerprint density at radius 2 is 1.62 bits per heavy atom. The van der Waals surface area contributed by atoms with E-state index >= 15 is 0 Å². The summed E-state index contributed by atoms with van der Waals surface area (Å²) in [4.78, 5) is 13.0. The van der Waals surface area contributed by atoms with Crippen molar-refractivity contribution in [3.63, 3.8) is 0 Å². The number of carbonyl (C=O) groups excluding carboxylic acids is 1. The average Bonchev–Trinajstić information content (AvgIpc) is 2.86. The number of anilines is 1. The molecule has 0 unspecified atom stereocenters. The Balaban J connectivity index is 2.19. The van der Waals surface area contributed by atoms with Gasteiger partial charge in [-0.25, -0.2) is 0 Å². The zero-order valence-electron chi connectivity index (χ0n) is 11.7. The third-order valence-electron chi connectivity index (χ3n) is 3.46. The highest BCUT2D eigenvalue weighted by atomic mass is 32.1. The maximum Gasteiger partial charge on any atom is 0.160 e. The van der Waals surface area contributed by atoms with Crippen molar-refractivity contribution in [3.05, 3.63) is 65.0 Å². The zero-order valence-corrected chi connectivity index (χ0v) is 12.5. The third-order valence-corrected chi connectivity index (χ3v) is 4.64.